The predicted octanol–water partition coefficient (Wildman–Crippen LogP) is 6.00. The van der Waals surface area contributed by atoms with Crippen LogP contribution in [0.15, 0.2) is 47.2 Å². The van der Waals surface area contributed by atoms with Gasteiger partial charge in [-0.3, -0.25) is 14.5 Å². The van der Waals surface area contributed by atoms with Crippen molar-refractivity contribution in [1.29, 1.82) is 0 Å². The summed E-state index contributed by atoms with van der Waals surface area (Å²) in [5, 5.41) is 11.5. The fourth-order valence-corrected chi connectivity index (χ4v) is 7.00. The van der Waals surface area contributed by atoms with Gasteiger partial charge in [0, 0.05) is 36.2 Å². The van der Waals surface area contributed by atoms with Gasteiger partial charge in [0.1, 0.15) is 23.5 Å². The van der Waals surface area contributed by atoms with Crippen LogP contribution in [0.25, 0.3) is 11.3 Å². The van der Waals surface area contributed by atoms with E-state index in [0.29, 0.717) is 55.8 Å². The summed E-state index contributed by atoms with van der Waals surface area (Å²) in [6, 6.07) is 10.1. The molecule has 3 aromatic rings. The molecule has 3 fully saturated rings. The SMILES string of the molecule is COc1ccc([C@H]2CC[C@H](CN(c3cc(-c4coc(C5CC5)n4)ccn3)C(=O)[C@H]3CC[C@H](NC(=O)C(=O)O)CC3)CC2)cc1C. The molecule has 0 aliphatic heterocycles. The number of carbonyl (C=O) groups is 3. The fourth-order valence-electron chi connectivity index (χ4n) is 7.00. The molecule has 2 N–H and O–H groups in total. The van der Waals surface area contributed by atoms with Crippen molar-refractivity contribution < 1.29 is 28.6 Å². The fraction of sp³-hybridized carbons (Fsp3) is 0.514. The second-order valence-corrected chi connectivity index (χ2v) is 13.0. The highest BCUT2D eigenvalue weighted by atomic mass is 16.5. The summed E-state index contributed by atoms with van der Waals surface area (Å²) in [5.41, 5.74) is 4.11. The van der Waals surface area contributed by atoms with Gasteiger partial charge in [0.15, 0.2) is 5.89 Å². The van der Waals surface area contributed by atoms with Gasteiger partial charge < -0.3 is 19.6 Å². The molecule has 45 heavy (non-hydrogen) atoms. The first-order chi connectivity index (χ1) is 21.8. The Bertz CT molecular complexity index is 1530. The Morgan fingerprint density at radius 2 is 1.71 bits per heavy atom. The molecular weight excluding hydrogens is 572 g/mol. The highest BCUT2D eigenvalue weighted by molar-refractivity contribution is 6.31. The number of benzene rings is 1. The molecule has 0 atom stereocenters. The van der Waals surface area contributed by atoms with E-state index in [1.807, 2.05) is 17.0 Å². The van der Waals surface area contributed by atoms with Gasteiger partial charge in [-0.05, 0) is 112 Å². The summed E-state index contributed by atoms with van der Waals surface area (Å²) in [6.45, 7) is 2.67. The lowest BCUT2D eigenvalue weighted by molar-refractivity contribution is -0.150. The largest absolute Gasteiger partial charge is 0.496 e. The van der Waals surface area contributed by atoms with Gasteiger partial charge in [-0.25, -0.2) is 14.8 Å². The zero-order chi connectivity index (χ0) is 31.5. The third-order valence-corrected chi connectivity index (χ3v) is 9.82. The summed E-state index contributed by atoms with van der Waals surface area (Å²) in [7, 11) is 1.70. The number of amides is 2. The zero-order valence-corrected chi connectivity index (χ0v) is 26.0. The van der Waals surface area contributed by atoms with Gasteiger partial charge in [-0.2, -0.15) is 0 Å². The van der Waals surface area contributed by atoms with Crippen molar-refractivity contribution in [3.8, 4) is 17.0 Å². The van der Waals surface area contributed by atoms with E-state index in [4.69, 9.17) is 19.2 Å². The quantitative estimate of drug-likeness (QED) is 0.280. The van der Waals surface area contributed by atoms with E-state index in [1.54, 1.807) is 19.6 Å². The third-order valence-electron chi connectivity index (χ3n) is 9.82. The maximum Gasteiger partial charge on any atom is 0.394 e. The number of carboxylic acid groups (broad SMARTS) is 1. The molecule has 0 radical (unpaired) electrons. The monoisotopic (exact) mass is 614 g/mol. The van der Waals surface area contributed by atoms with Gasteiger partial charge in [0.25, 0.3) is 0 Å². The number of carbonyl (C=O) groups excluding carboxylic acids is 2. The van der Waals surface area contributed by atoms with E-state index >= 15 is 0 Å². The second kappa shape index (κ2) is 13.4. The number of methoxy groups -OCH3 is 1. The number of aromatic nitrogens is 2. The molecular formula is C35H42N4O6. The van der Waals surface area contributed by atoms with Crippen molar-refractivity contribution in [3.63, 3.8) is 0 Å². The zero-order valence-electron chi connectivity index (χ0n) is 26.0. The van der Waals surface area contributed by atoms with Crippen molar-refractivity contribution >= 4 is 23.6 Å². The number of pyridine rings is 1. The number of anilines is 1. The van der Waals surface area contributed by atoms with Gasteiger partial charge in [-0.1, -0.05) is 12.1 Å². The first-order valence-electron chi connectivity index (χ1n) is 16.2. The maximum absolute atomic E-state index is 14.2. The number of nitrogens with zero attached hydrogens (tertiary/aromatic N) is 3. The molecule has 2 heterocycles. The molecule has 1 aromatic carbocycles. The summed E-state index contributed by atoms with van der Waals surface area (Å²) in [5.74, 6) is 0.860. The Kier molecular flexibility index (Phi) is 9.19. The molecule has 6 rings (SSSR count). The molecule has 3 aliphatic rings. The van der Waals surface area contributed by atoms with Crippen LogP contribution in [0.5, 0.6) is 5.75 Å². The number of aliphatic carboxylic acids is 1. The maximum atomic E-state index is 14.2. The van der Waals surface area contributed by atoms with Crippen LogP contribution in [0, 0.1) is 18.8 Å². The molecule has 238 valence electrons. The molecule has 2 amide bonds. The van der Waals surface area contributed by atoms with E-state index in [-0.39, 0.29) is 17.9 Å². The lowest BCUT2D eigenvalue weighted by Crippen LogP contribution is -2.45. The number of aryl methyl sites for hydroxylation is 1. The van der Waals surface area contributed by atoms with E-state index in [1.165, 1.54) is 5.56 Å². The Balaban J connectivity index is 1.17. The number of rotatable bonds is 9. The first kappa shape index (κ1) is 30.8. The molecule has 0 spiro atoms. The highest BCUT2D eigenvalue weighted by Crippen LogP contribution is 2.41. The number of nitrogens with one attached hydrogen (secondary N) is 1. The second-order valence-electron chi connectivity index (χ2n) is 13.0. The van der Waals surface area contributed by atoms with Gasteiger partial charge in [0.05, 0.1) is 7.11 Å². The normalized spacial score (nSPS) is 23.2. The molecule has 10 heteroatoms. The first-order valence-corrected chi connectivity index (χ1v) is 16.2. The van der Waals surface area contributed by atoms with Crippen molar-refractivity contribution in [3.05, 3.63) is 59.8 Å². The Morgan fingerprint density at radius 1 is 0.978 bits per heavy atom. The van der Waals surface area contributed by atoms with E-state index in [2.05, 4.69) is 35.4 Å². The van der Waals surface area contributed by atoms with Crippen LogP contribution in [0.1, 0.15) is 93.1 Å². The molecule has 3 saturated carbocycles. The average molecular weight is 615 g/mol. The average Bonchev–Trinajstić information content (AvgIpc) is 3.79. The van der Waals surface area contributed by atoms with Crippen LogP contribution in [0.3, 0.4) is 0 Å². The minimum absolute atomic E-state index is 0.0365. The van der Waals surface area contributed by atoms with Gasteiger partial charge >= 0.3 is 11.9 Å². The van der Waals surface area contributed by atoms with Crippen LogP contribution in [0.2, 0.25) is 0 Å². The summed E-state index contributed by atoms with van der Waals surface area (Å²) >= 11 is 0. The van der Waals surface area contributed by atoms with Crippen molar-refractivity contribution in [1.82, 2.24) is 15.3 Å². The third kappa shape index (κ3) is 7.21. The highest BCUT2D eigenvalue weighted by Gasteiger charge is 2.34. The smallest absolute Gasteiger partial charge is 0.394 e. The Morgan fingerprint density at radius 3 is 2.38 bits per heavy atom. The van der Waals surface area contributed by atoms with Crippen molar-refractivity contribution in [2.45, 2.75) is 89.0 Å². The summed E-state index contributed by atoms with van der Waals surface area (Å²) < 4.78 is 11.2. The van der Waals surface area contributed by atoms with E-state index in [9.17, 15) is 14.4 Å². The van der Waals surface area contributed by atoms with E-state index in [0.717, 1.165) is 67.0 Å². The summed E-state index contributed by atoms with van der Waals surface area (Å²) in [4.78, 5) is 48.1. The molecule has 0 unspecified atom stereocenters. The van der Waals surface area contributed by atoms with Crippen LogP contribution in [-0.2, 0) is 14.4 Å². The Labute approximate surface area is 263 Å². The predicted molar refractivity (Wildman–Crippen MR) is 168 cm³/mol. The molecule has 3 aliphatic carbocycles. The lowest BCUT2D eigenvalue weighted by atomic mass is 9.78. The molecule has 0 bridgehead atoms. The number of hydrogen-bond donors (Lipinski definition) is 2. The number of ether oxygens (including phenoxy) is 1. The summed E-state index contributed by atoms with van der Waals surface area (Å²) in [6.07, 6.45) is 12.1. The van der Waals surface area contributed by atoms with Gasteiger partial charge in [0.2, 0.25) is 5.91 Å². The van der Waals surface area contributed by atoms with Crippen molar-refractivity contribution in [2.24, 2.45) is 11.8 Å². The molecule has 2 aromatic heterocycles. The van der Waals surface area contributed by atoms with Crippen LogP contribution in [-0.4, -0.2) is 52.6 Å². The topological polar surface area (TPSA) is 135 Å². The van der Waals surface area contributed by atoms with Gasteiger partial charge in [-0.15, -0.1) is 0 Å². The van der Waals surface area contributed by atoms with E-state index < -0.39 is 11.9 Å². The molecule has 10 nitrogen and oxygen atoms in total. The minimum Gasteiger partial charge on any atom is -0.496 e. The Hall–Kier alpha value is -4.21. The lowest BCUT2D eigenvalue weighted by Gasteiger charge is -2.36. The van der Waals surface area contributed by atoms with Crippen LogP contribution in [0.4, 0.5) is 5.82 Å². The molecule has 0 saturated heterocycles. The standard InChI is InChI=1S/C35H42N4O6/c1-21-17-26(11-14-30(21)44-2)23-5-3-22(4-6-23)19-39(34(41)25-9-12-28(13-10-25)37-32(40)35(42)43)31-18-27(15-16-36-31)29-20-45-33(38-29)24-7-8-24/h11,14-18,20,22-25,28H,3-10,12-13,19H2,1-2H3,(H,37,40)(H,42,43)/t22-,23-,25-,28-. The van der Waals surface area contributed by atoms with Crippen LogP contribution >= 0.6 is 0 Å². The number of hydrogen-bond acceptors (Lipinski definition) is 7. The number of oxazole rings is 1. The minimum atomic E-state index is -1.49. The van der Waals surface area contributed by atoms with Crippen LogP contribution < -0.4 is 15.0 Å². The number of carboxylic acids is 1. The van der Waals surface area contributed by atoms with Crippen molar-refractivity contribution in [2.75, 3.05) is 18.6 Å².